The van der Waals surface area contributed by atoms with E-state index in [0.29, 0.717) is 6.54 Å². The largest absolute Gasteiger partial charge is 0.370 e. The first-order chi connectivity index (χ1) is 10.0. The van der Waals surface area contributed by atoms with Crippen molar-refractivity contribution >= 4 is 17.5 Å². The van der Waals surface area contributed by atoms with Crippen molar-refractivity contribution in [2.75, 3.05) is 29.9 Å². The molecule has 1 aliphatic heterocycles. The van der Waals surface area contributed by atoms with Crippen LogP contribution >= 0.6 is 0 Å². The van der Waals surface area contributed by atoms with Crippen LogP contribution in [-0.4, -0.2) is 41.6 Å². The van der Waals surface area contributed by atoms with Crippen molar-refractivity contribution in [3.05, 3.63) is 11.9 Å². The number of aromatic nitrogens is 2. The SMILES string of the molecule is CCCNc1cc(N2CCNC(=O)C2C)nc(C(C)C)n1. The molecule has 1 aromatic rings. The molecule has 2 heterocycles. The molecule has 0 radical (unpaired) electrons. The second kappa shape index (κ2) is 6.74. The second-order valence-corrected chi connectivity index (χ2v) is 5.71. The lowest BCUT2D eigenvalue weighted by atomic mass is 10.2. The van der Waals surface area contributed by atoms with Crippen molar-refractivity contribution in [3.8, 4) is 0 Å². The standard InChI is InChI=1S/C15H25N5O/c1-5-6-16-12-9-13(19-14(18-12)10(2)3)20-8-7-17-15(21)11(20)4/h9-11H,5-8H2,1-4H3,(H,17,21)(H,16,18,19). The number of piperazine rings is 1. The molecule has 0 aromatic carbocycles. The molecular formula is C15H25N5O. The Bertz CT molecular complexity index is 503. The second-order valence-electron chi connectivity index (χ2n) is 5.71. The Kier molecular flexibility index (Phi) is 4.98. The highest BCUT2D eigenvalue weighted by Crippen LogP contribution is 2.22. The summed E-state index contributed by atoms with van der Waals surface area (Å²) in [5, 5.41) is 6.19. The van der Waals surface area contributed by atoms with Crippen LogP contribution in [0, 0.1) is 0 Å². The number of carbonyl (C=O) groups excluding carboxylic acids is 1. The molecule has 1 fully saturated rings. The zero-order valence-corrected chi connectivity index (χ0v) is 13.3. The zero-order valence-electron chi connectivity index (χ0n) is 13.3. The van der Waals surface area contributed by atoms with E-state index in [-0.39, 0.29) is 17.9 Å². The Hall–Kier alpha value is -1.85. The maximum absolute atomic E-state index is 11.8. The maximum atomic E-state index is 11.8. The molecule has 1 atom stereocenters. The van der Waals surface area contributed by atoms with Gasteiger partial charge in [0.2, 0.25) is 5.91 Å². The quantitative estimate of drug-likeness (QED) is 0.865. The van der Waals surface area contributed by atoms with E-state index in [1.807, 2.05) is 17.9 Å². The van der Waals surface area contributed by atoms with Crippen LogP contribution in [0.3, 0.4) is 0 Å². The number of nitrogens with one attached hydrogen (secondary N) is 2. The van der Waals surface area contributed by atoms with Crippen molar-refractivity contribution in [2.45, 2.75) is 46.1 Å². The molecule has 2 N–H and O–H groups in total. The summed E-state index contributed by atoms with van der Waals surface area (Å²) < 4.78 is 0. The van der Waals surface area contributed by atoms with Gasteiger partial charge in [-0.3, -0.25) is 4.79 Å². The minimum atomic E-state index is -0.201. The number of amides is 1. The topological polar surface area (TPSA) is 70.2 Å². The first-order valence-corrected chi connectivity index (χ1v) is 7.70. The third-order valence-electron chi connectivity index (χ3n) is 3.60. The van der Waals surface area contributed by atoms with Crippen molar-refractivity contribution in [3.63, 3.8) is 0 Å². The smallest absolute Gasteiger partial charge is 0.242 e. The van der Waals surface area contributed by atoms with E-state index in [0.717, 1.165) is 37.0 Å². The van der Waals surface area contributed by atoms with Gasteiger partial charge >= 0.3 is 0 Å². The fourth-order valence-electron chi connectivity index (χ4n) is 2.30. The molecule has 0 aliphatic carbocycles. The number of nitrogens with zero attached hydrogens (tertiary/aromatic N) is 3. The molecule has 1 aromatic heterocycles. The van der Waals surface area contributed by atoms with E-state index in [1.54, 1.807) is 0 Å². The maximum Gasteiger partial charge on any atom is 0.242 e. The minimum absolute atomic E-state index is 0.0500. The Morgan fingerprint density at radius 1 is 1.48 bits per heavy atom. The normalized spacial score (nSPS) is 18.8. The Morgan fingerprint density at radius 3 is 2.90 bits per heavy atom. The average Bonchev–Trinajstić information content (AvgIpc) is 2.47. The summed E-state index contributed by atoms with van der Waals surface area (Å²) in [4.78, 5) is 23.1. The van der Waals surface area contributed by atoms with Gasteiger partial charge < -0.3 is 15.5 Å². The summed E-state index contributed by atoms with van der Waals surface area (Å²) >= 11 is 0. The molecule has 116 valence electrons. The molecule has 0 bridgehead atoms. The van der Waals surface area contributed by atoms with Crippen LogP contribution in [0.4, 0.5) is 11.6 Å². The van der Waals surface area contributed by atoms with Gasteiger partial charge in [-0.05, 0) is 13.3 Å². The molecule has 1 aliphatic rings. The fraction of sp³-hybridized carbons (Fsp3) is 0.667. The number of hydrogen-bond acceptors (Lipinski definition) is 5. The molecule has 6 heteroatoms. The fourth-order valence-corrected chi connectivity index (χ4v) is 2.30. The summed E-state index contributed by atoms with van der Waals surface area (Å²) in [7, 11) is 0. The first-order valence-electron chi connectivity index (χ1n) is 7.70. The van der Waals surface area contributed by atoms with Crippen LogP contribution in [0.1, 0.15) is 45.9 Å². The Balaban J connectivity index is 2.32. The predicted molar refractivity (Wildman–Crippen MR) is 84.7 cm³/mol. The highest BCUT2D eigenvalue weighted by Gasteiger charge is 2.27. The number of carbonyl (C=O) groups is 1. The molecule has 6 nitrogen and oxygen atoms in total. The van der Waals surface area contributed by atoms with Gasteiger partial charge in [-0.1, -0.05) is 20.8 Å². The molecular weight excluding hydrogens is 266 g/mol. The van der Waals surface area contributed by atoms with E-state index in [2.05, 4.69) is 41.4 Å². The summed E-state index contributed by atoms with van der Waals surface area (Å²) in [5.74, 6) is 2.78. The van der Waals surface area contributed by atoms with Crippen molar-refractivity contribution in [1.82, 2.24) is 15.3 Å². The van der Waals surface area contributed by atoms with Crippen LogP contribution in [0.5, 0.6) is 0 Å². The van der Waals surface area contributed by atoms with Crippen molar-refractivity contribution in [1.29, 1.82) is 0 Å². The van der Waals surface area contributed by atoms with Gasteiger partial charge in [0.1, 0.15) is 23.5 Å². The summed E-state index contributed by atoms with van der Waals surface area (Å²) in [6, 6.07) is 1.74. The molecule has 2 rings (SSSR count). The molecule has 1 unspecified atom stereocenters. The monoisotopic (exact) mass is 291 g/mol. The van der Waals surface area contributed by atoms with E-state index in [1.165, 1.54) is 0 Å². The van der Waals surface area contributed by atoms with Gasteiger partial charge in [0.15, 0.2) is 0 Å². The van der Waals surface area contributed by atoms with E-state index in [4.69, 9.17) is 0 Å². The van der Waals surface area contributed by atoms with Gasteiger partial charge in [0.05, 0.1) is 0 Å². The number of rotatable bonds is 5. The highest BCUT2D eigenvalue weighted by atomic mass is 16.2. The van der Waals surface area contributed by atoms with E-state index >= 15 is 0 Å². The lowest BCUT2D eigenvalue weighted by molar-refractivity contribution is -0.122. The van der Waals surface area contributed by atoms with Gasteiger partial charge in [-0.2, -0.15) is 0 Å². The number of anilines is 2. The van der Waals surface area contributed by atoms with Crippen LogP contribution in [0.25, 0.3) is 0 Å². The Morgan fingerprint density at radius 2 is 2.24 bits per heavy atom. The van der Waals surface area contributed by atoms with Gasteiger partial charge in [0.25, 0.3) is 0 Å². The average molecular weight is 291 g/mol. The number of hydrogen-bond donors (Lipinski definition) is 2. The third kappa shape index (κ3) is 3.62. The van der Waals surface area contributed by atoms with Gasteiger partial charge in [0, 0.05) is 31.6 Å². The summed E-state index contributed by atoms with van der Waals surface area (Å²) in [6.45, 7) is 10.5. The molecule has 0 saturated carbocycles. The van der Waals surface area contributed by atoms with Crippen LogP contribution in [0.2, 0.25) is 0 Å². The molecule has 1 amide bonds. The highest BCUT2D eigenvalue weighted by molar-refractivity contribution is 5.85. The van der Waals surface area contributed by atoms with Crippen LogP contribution in [-0.2, 0) is 4.79 Å². The van der Waals surface area contributed by atoms with Crippen LogP contribution in [0.15, 0.2) is 6.07 Å². The van der Waals surface area contributed by atoms with Gasteiger partial charge in [-0.25, -0.2) is 9.97 Å². The van der Waals surface area contributed by atoms with Gasteiger partial charge in [-0.15, -0.1) is 0 Å². The zero-order chi connectivity index (χ0) is 15.4. The lowest BCUT2D eigenvalue weighted by Gasteiger charge is -2.34. The minimum Gasteiger partial charge on any atom is -0.370 e. The lowest BCUT2D eigenvalue weighted by Crippen LogP contribution is -2.54. The molecule has 21 heavy (non-hydrogen) atoms. The van der Waals surface area contributed by atoms with Crippen molar-refractivity contribution < 1.29 is 4.79 Å². The van der Waals surface area contributed by atoms with E-state index in [9.17, 15) is 4.79 Å². The predicted octanol–water partition coefficient (Wildman–Crippen LogP) is 1.75. The molecule has 0 spiro atoms. The summed E-state index contributed by atoms with van der Waals surface area (Å²) in [6.07, 6.45) is 1.04. The van der Waals surface area contributed by atoms with E-state index < -0.39 is 0 Å². The first kappa shape index (κ1) is 15.5. The Labute approximate surface area is 126 Å². The molecule has 1 saturated heterocycles. The third-order valence-corrected chi connectivity index (χ3v) is 3.60. The van der Waals surface area contributed by atoms with Crippen molar-refractivity contribution in [2.24, 2.45) is 0 Å². The summed E-state index contributed by atoms with van der Waals surface area (Å²) in [5.41, 5.74) is 0. The van der Waals surface area contributed by atoms with Crippen LogP contribution < -0.4 is 15.5 Å².